The van der Waals surface area contributed by atoms with Gasteiger partial charge in [0.15, 0.2) is 0 Å². The van der Waals surface area contributed by atoms with Crippen molar-refractivity contribution in [3.63, 3.8) is 0 Å². The third kappa shape index (κ3) is 1.80. The molecule has 0 aromatic carbocycles. The van der Waals surface area contributed by atoms with Crippen molar-refractivity contribution in [3.05, 3.63) is 24.5 Å². The molecule has 2 saturated heterocycles. The van der Waals surface area contributed by atoms with Gasteiger partial charge in [0.2, 0.25) is 0 Å². The molecule has 16 heavy (non-hydrogen) atoms. The molecule has 3 heteroatoms. The van der Waals surface area contributed by atoms with Gasteiger partial charge in [-0.25, -0.2) is 0 Å². The number of hydrogen-bond donors (Lipinski definition) is 0. The largest absolute Gasteiger partial charge is 0.490 e. The zero-order chi connectivity index (χ0) is 11.0. The quantitative estimate of drug-likeness (QED) is 0.760. The highest BCUT2D eigenvalue weighted by Gasteiger charge is 2.39. The molecule has 2 unspecified atom stereocenters. The van der Waals surface area contributed by atoms with Gasteiger partial charge < -0.3 is 9.64 Å². The minimum atomic E-state index is 0.399. The van der Waals surface area contributed by atoms with Crippen molar-refractivity contribution in [2.75, 3.05) is 7.05 Å². The number of ether oxygens (including phenoxy) is 1. The number of rotatable bonds is 2. The SMILES string of the molecule is CN1C2CCC1CC(Oc1ccncc1)C2. The number of nitrogens with zero attached hydrogens (tertiary/aromatic N) is 2. The lowest BCUT2D eigenvalue weighted by molar-refractivity contribution is 0.0661. The first kappa shape index (κ1) is 10.1. The number of hydrogen-bond acceptors (Lipinski definition) is 3. The van der Waals surface area contributed by atoms with E-state index in [2.05, 4.69) is 16.9 Å². The van der Waals surface area contributed by atoms with E-state index in [0.717, 1.165) is 17.8 Å². The summed E-state index contributed by atoms with van der Waals surface area (Å²) in [5, 5.41) is 0. The molecule has 3 heterocycles. The molecule has 1 aromatic rings. The fourth-order valence-corrected chi connectivity index (χ4v) is 3.07. The standard InChI is InChI=1S/C13H18N2O/c1-15-10-2-3-11(15)9-13(8-10)16-12-4-6-14-7-5-12/h4-7,10-11,13H,2-3,8-9H2,1H3. The first-order valence-corrected chi connectivity index (χ1v) is 6.11. The van der Waals surface area contributed by atoms with Crippen LogP contribution in [0, 0.1) is 0 Å². The fourth-order valence-electron chi connectivity index (χ4n) is 3.07. The Kier molecular flexibility index (Phi) is 2.56. The molecule has 86 valence electrons. The summed E-state index contributed by atoms with van der Waals surface area (Å²) in [7, 11) is 2.25. The Labute approximate surface area is 96.4 Å². The van der Waals surface area contributed by atoms with Gasteiger partial charge >= 0.3 is 0 Å². The Hall–Kier alpha value is -1.09. The molecule has 1 aromatic heterocycles. The topological polar surface area (TPSA) is 25.4 Å². The minimum absolute atomic E-state index is 0.399. The molecule has 0 spiro atoms. The van der Waals surface area contributed by atoms with E-state index in [1.165, 1.54) is 25.7 Å². The number of piperidine rings is 1. The van der Waals surface area contributed by atoms with Crippen LogP contribution in [0.1, 0.15) is 25.7 Å². The zero-order valence-corrected chi connectivity index (χ0v) is 9.67. The molecule has 3 rings (SSSR count). The first-order valence-electron chi connectivity index (χ1n) is 6.11. The number of fused-ring (bicyclic) bond motifs is 2. The highest BCUT2D eigenvalue weighted by Crippen LogP contribution is 2.35. The summed E-state index contributed by atoms with van der Waals surface area (Å²) in [5.74, 6) is 0.962. The van der Waals surface area contributed by atoms with E-state index < -0.39 is 0 Å². The van der Waals surface area contributed by atoms with Gasteiger partial charge in [0.25, 0.3) is 0 Å². The third-order valence-corrected chi connectivity index (χ3v) is 4.01. The van der Waals surface area contributed by atoms with Crippen molar-refractivity contribution in [3.8, 4) is 5.75 Å². The highest BCUT2D eigenvalue weighted by molar-refractivity contribution is 5.17. The van der Waals surface area contributed by atoms with Crippen LogP contribution < -0.4 is 4.74 Å². The Bertz CT molecular complexity index is 340. The van der Waals surface area contributed by atoms with E-state index in [-0.39, 0.29) is 0 Å². The van der Waals surface area contributed by atoms with Crippen LogP contribution in [0.15, 0.2) is 24.5 Å². The van der Waals surface area contributed by atoms with Crippen LogP contribution in [-0.2, 0) is 0 Å². The summed E-state index contributed by atoms with van der Waals surface area (Å²) >= 11 is 0. The Morgan fingerprint density at radius 1 is 1.19 bits per heavy atom. The van der Waals surface area contributed by atoms with Gasteiger partial charge in [0, 0.05) is 24.5 Å². The van der Waals surface area contributed by atoms with E-state index in [9.17, 15) is 0 Å². The summed E-state index contributed by atoms with van der Waals surface area (Å²) in [4.78, 5) is 6.54. The molecule has 0 amide bonds. The van der Waals surface area contributed by atoms with Crippen LogP contribution in [0.2, 0.25) is 0 Å². The van der Waals surface area contributed by atoms with Gasteiger partial charge in [0.1, 0.15) is 11.9 Å². The van der Waals surface area contributed by atoms with Gasteiger partial charge in [-0.1, -0.05) is 0 Å². The molecule has 2 atom stereocenters. The summed E-state index contributed by atoms with van der Waals surface area (Å²) in [5.41, 5.74) is 0. The van der Waals surface area contributed by atoms with Crippen LogP contribution in [0.25, 0.3) is 0 Å². The molecule has 3 nitrogen and oxygen atoms in total. The maximum absolute atomic E-state index is 6.02. The van der Waals surface area contributed by atoms with Crippen molar-refractivity contribution in [2.24, 2.45) is 0 Å². The average molecular weight is 218 g/mol. The second kappa shape index (κ2) is 4.06. The van der Waals surface area contributed by atoms with E-state index in [0.29, 0.717) is 6.10 Å². The number of aromatic nitrogens is 1. The fraction of sp³-hybridized carbons (Fsp3) is 0.615. The van der Waals surface area contributed by atoms with Gasteiger partial charge in [-0.3, -0.25) is 4.98 Å². The maximum Gasteiger partial charge on any atom is 0.122 e. The molecule has 0 saturated carbocycles. The predicted octanol–water partition coefficient (Wildman–Crippen LogP) is 2.09. The van der Waals surface area contributed by atoms with Crippen LogP contribution >= 0.6 is 0 Å². The molecule has 0 N–H and O–H groups in total. The minimum Gasteiger partial charge on any atom is -0.490 e. The normalized spacial score (nSPS) is 33.9. The van der Waals surface area contributed by atoms with Crippen LogP contribution in [0.3, 0.4) is 0 Å². The second-order valence-electron chi connectivity index (χ2n) is 4.94. The molecular formula is C13H18N2O. The van der Waals surface area contributed by atoms with Crippen LogP contribution in [0.5, 0.6) is 5.75 Å². The average Bonchev–Trinajstić information content (AvgIpc) is 2.54. The Balaban J connectivity index is 1.66. The van der Waals surface area contributed by atoms with E-state index in [1.54, 1.807) is 12.4 Å². The third-order valence-electron chi connectivity index (χ3n) is 4.01. The van der Waals surface area contributed by atoms with E-state index >= 15 is 0 Å². The predicted molar refractivity (Wildman–Crippen MR) is 62.5 cm³/mol. The monoisotopic (exact) mass is 218 g/mol. The highest BCUT2D eigenvalue weighted by atomic mass is 16.5. The zero-order valence-electron chi connectivity index (χ0n) is 9.67. The lowest BCUT2D eigenvalue weighted by Gasteiger charge is -2.36. The summed E-state index contributed by atoms with van der Waals surface area (Å²) in [6.07, 6.45) is 9.02. The van der Waals surface area contributed by atoms with Crippen LogP contribution in [-0.4, -0.2) is 35.1 Å². The molecule has 2 aliphatic heterocycles. The summed E-state index contributed by atoms with van der Waals surface area (Å²) < 4.78 is 6.02. The molecule has 0 aliphatic carbocycles. The van der Waals surface area contributed by atoms with Gasteiger partial charge in [-0.15, -0.1) is 0 Å². The maximum atomic E-state index is 6.02. The molecule has 2 fully saturated rings. The Morgan fingerprint density at radius 3 is 2.44 bits per heavy atom. The lowest BCUT2D eigenvalue weighted by Crippen LogP contribution is -2.43. The van der Waals surface area contributed by atoms with Gasteiger partial charge in [0.05, 0.1) is 0 Å². The van der Waals surface area contributed by atoms with Crippen molar-refractivity contribution >= 4 is 0 Å². The number of pyridine rings is 1. The van der Waals surface area contributed by atoms with Crippen molar-refractivity contribution < 1.29 is 4.74 Å². The smallest absolute Gasteiger partial charge is 0.122 e. The molecule has 0 radical (unpaired) electrons. The van der Waals surface area contributed by atoms with Crippen molar-refractivity contribution in [1.29, 1.82) is 0 Å². The van der Waals surface area contributed by atoms with Crippen molar-refractivity contribution in [2.45, 2.75) is 43.9 Å². The van der Waals surface area contributed by atoms with Gasteiger partial charge in [-0.2, -0.15) is 0 Å². The lowest BCUT2D eigenvalue weighted by atomic mass is 10.0. The van der Waals surface area contributed by atoms with E-state index in [4.69, 9.17) is 4.74 Å². The van der Waals surface area contributed by atoms with Gasteiger partial charge in [-0.05, 0) is 44.9 Å². The summed E-state index contributed by atoms with van der Waals surface area (Å²) in [6, 6.07) is 5.37. The van der Waals surface area contributed by atoms with Crippen LogP contribution in [0.4, 0.5) is 0 Å². The summed E-state index contributed by atoms with van der Waals surface area (Å²) in [6.45, 7) is 0. The van der Waals surface area contributed by atoms with Crippen molar-refractivity contribution in [1.82, 2.24) is 9.88 Å². The Morgan fingerprint density at radius 2 is 1.81 bits per heavy atom. The van der Waals surface area contributed by atoms with E-state index in [1.807, 2.05) is 12.1 Å². The molecular weight excluding hydrogens is 200 g/mol. The molecule has 2 aliphatic rings. The molecule has 2 bridgehead atoms. The second-order valence-corrected chi connectivity index (χ2v) is 4.94. The first-order chi connectivity index (χ1) is 7.83.